The van der Waals surface area contributed by atoms with Gasteiger partial charge >= 0.3 is 0 Å². The molecule has 0 aromatic rings. The quantitative estimate of drug-likeness (QED) is 0.400. The smallest absolute Gasteiger partial charge is 0.110 e. The zero-order chi connectivity index (χ0) is 4.99. The molecule has 0 aliphatic heterocycles. The molecule has 3 nitrogen and oxygen atoms in total. The molecule has 1 unspecified atom stereocenters. The molecule has 0 bridgehead atoms. The van der Waals surface area contributed by atoms with Crippen LogP contribution in [0.25, 0.3) is 0 Å². The van der Waals surface area contributed by atoms with E-state index in [9.17, 15) is 0 Å². The summed E-state index contributed by atoms with van der Waals surface area (Å²) >= 11 is 0. The van der Waals surface area contributed by atoms with Crippen LogP contribution >= 0.6 is 0 Å². The molecule has 0 aromatic heterocycles. The van der Waals surface area contributed by atoms with Crippen molar-refractivity contribution in [2.45, 2.75) is 6.10 Å². The lowest BCUT2D eigenvalue weighted by atomic mass is 10.4. The third kappa shape index (κ3) is 2.14. The van der Waals surface area contributed by atoms with Gasteiger partial charge in [0.1, 0.15) is 6.61 Å². The molecule has 0 rings (SSSR count). The second kappa shape index (κ2) is 3.08. The maximum absolute atomic E-state index is 8.24. The highest BCUT2D eigenvalue weighted by molar-refractivity contribution is 4.61. The van der Waals surface area contributed by atoms with Crippen molar-refractivity contribution < 1.29 is 10.2 Å². The van der Waals surface area contributed by atoms with Gasteiger partial charge in [-0.15, -0.1) is 0 Å². The minimum atomic E-state index is -0.856. The van der Waals surface area contributed by atoms with Gasteiger partial charge in [0.25, 0.3) is 0 Å². The van der Waals surface area contributed by atoms with Gasteiger partial charge in [-0.25, -0.2) is 0 Å². The summed E-state index contributed by atoms with van der Waals surface area (Å²) < 4.78 is 0. The van der Waals surface area contributed by atoms with E-state index in [1.807, 2.05) is 0 Å². The predicted octanol–water partition coefficient (Wildman–Crippen LogP) is -1.16. The Kier molecular flexibility index (Phi) is 3.02. The Bertz CT molecular complexity index is 28.0. The third-order valence-corrected chi connectivity index (χ3v) is 0.414. The Labute approximate surface area is 36.4 Å². The molecule has 0 amide bonds. The minimum absolute atomic E-state index is 0.0799. The van der Waals surface area contributed by atoms with Crippen molar-refractivity contribution >= 4 is 0 Å². The van der Waals surface area contributed by atoms with Crippen LogP contribution in [0.4, 0.5) is 0 Å². The van der Waals surface area contributed by atoms with E-state index in [0.717, 1.165) is 0 Å². The van der Waals surface area contributed by atoms with Gasteiger partial charge in [-0.05, 0) is 0 Å². The summed E-state index contributed by atoms with van der Waals surface area (Å²) in [6, 6.07) is 0. The summed E-state index contributed by atoms with van der Waals surface area (Å²) in [5.74, 6) is 0. The number of nitrogens with two attached hydrogens (primary N) is 1. The maximum atomic E-state index is 8.24. The zero-order valence-corrected chi connectivity index (χ0v) is 3.33. The van der Waals surface area contributed by atoms with Gasteiger partial charge in [0.15, 0.2) is 0 Å². The SMILES string of the molecule is NCC(O)[CH]O. The summed E-state index contributed by atoms with van der Waals surface area (Å²) in [4.78, 5) is 0. The summed E-state index contributed by atoms with van der Waals surface area (Å²) in [6.07, 6.45) is -0.856. The van der Waals surface area contributed by atoms with Crippen LogP contribution in [0.5, 0.6) is 0 Å². The van der Waals surface area contributed by atoms with Crippen molar-refractivity contribution in [2.24, 2.45) is 5.73 Å². The molecule has 0 aliphatic rings. The van der Waals surface area contributed by atoms with Gasteiger partial charge < -0.3 is 15.9 Å². The largest absolute Gasteiger partial charge is 0.389 e. The Morgan fingerprint density at radius 3 is 2.33 bits per heavy atom. The molecular formula is C3H8NO2. The van der Waals surface area contributed by atoms with E-state index in [4.69, 9.17) is 15.9 Å². The Morgan fingerprint density at radius 2 is 2.33 bits per heavy atom. The third-order valence-electron chi connectivity index (χ3n) is 0.414. The Balaban J connectivity index is 2.75. The number of hydrogen-bond donors (Lipinski definition) is 3. The zero-order valence-electron chi connectivity index (χ0n) is 3.33. The van der Waals surface area contributed by atoms with Crippen LogP contribution in [0.2, 0.25) is 0 Å². The highest BCUT2D eigenvalue weighted by Crippen LogP contribution is 1.76. The number of rotatable bonds is 2. The van der Waals surface area contributed by atoms with Gasteiger partial charge in [0.05, 0.1) is 6.10 Å². The van der Waals surface area contributed by atoms with E-state index in [2.05, 4.69) is 0 Å². The summed E-state index contributed by atoms with van der Waals surface area (Å²) in [5.41, 5.74) is 4.84. The molecule has 4 N–H and O–H groups in total. The standard InChI is InChI=1S/C3H8NO2/c4-1-3(6)2-5/h2-3,5-6H,1,4H2. The highest BCUT2D eigenvalue weighted by Gasteiger charge is 1.93. The van der Waals surface area contributed by atoms with Crippen LogP contribution in [0.3, 0.4) is 0 Å². The molecule has 0 aromatic carbocycles. The average Bonchev–Trinajstić information content (AvgIpc) is 1.65. The first-order valence-electron chi connectivity index (χ1n) is 1.67. The first-order chi connectivity index (χ1) is 2.81. The van der Waals surface area contributed by atoms with Gasteiger partial charge in [0, 0.05) is 6.54 Å². The first-order valence-corrected chi connectivity index (χ1v) is 1.67. The fourth-order valence-corrected chi connectivity index (χ4v) is 0.0609. The molecule has 0 fully saturated rings. The van der Waals surface area contributed by atoms with Crippen molar-refractivity contribution in [2.75, 3.05) is 6.54 Å². The molecule has 0 aliphatic carbocycles. The van der Waals surface area contributed by atoms with Gasteiger partial charge in [0.2, 0.25) is 0 Å². The second-order valence-electron chi connectivity index (χ2n) is 0.952. The van der Waals surface area contributed by atoms with Gasteiger partial charge in [-0.1, -0.05) is 0 Å². The number of hydrogen-bond acceptors (Lipinski definition) is 3. The Hall–Kier alpha value is -0.120. The van der Waals surface area contributed by atoms with Crippen molar-refractivity contribution in [1.82, 2.24) is 0 Å². The van der Waals surface area contributed by atoms with Crippen molar-refractivity contribution in [1.29, 1.82) is 0 Å². The van der Waals surface area contributed by atoms with Gasteiger partial charge in [-0.3, -0.25) is 0 Å². The van der Waals surface area contributed by atoms with Crippen molar-refractivity contribution in [3.63, 3.8) is 0 Å². The van der Waals surface area contributed by atoms with Crippen LogP contribution in [0.15, 0.2) is 0 Å². The fraction of sp³-hybridized carbons (Fsp3) is 0.667. The molecule has 3 heteroatoms. The van der Waals surface area contributed by atoms with E-state index in [0.29, 0.717) is 6.61 Å². The van der Waals surface area contributed by atoms with E-state index in [-0.39, 0.29) is 6.54 Å². The predicted molar refractivity (Wildman–Crippen MR) is 21.3 cm³/mol. The van der Waals surface area contributed by atoms with E-state index in [1.54, 1.807) is 0 Å². The molecule has 0 saturated carbocycles. The van der Waals surface area contributed by atoms with Crippen LogP contribution in [0.1, 0.15) is 0 Å². The molecule has 6 heavy (non-hydrogen) atoms. The highest BCUT2D eigenvalue weighted by atomic mass is 16.3. The second-order valence-corrected chi connectivity index (χ2v) is 0.952. The van der Waals surface area contributed by atoms with Crippen LogP contribution in [0, 0.1) is 6.61 Å². The van der Waals surface area contributed by atoms with Crippen LogP contribution in [-0.4, -0.2) is 22.9 Å². The number of aliphatic hydroxyl groups is 2. The summed E-state index contributed by atoms with van der Waals surface area (Å²) in [6.45, 7) is 0.733. The van der Waals surface area contributed by atoms with Crippen molar-refractivity contribution in [3.05, 3.63) is 6.61 Å². The van der Waals surface area contributed by atoms with E-state index < -0.39 is 6.10 Å². The lowest BCUT2D eigenvalue weighted by molar-refractivity contribution is 0.152. The first kappa shape index (κ1) is 5.88. The lowest BCUT2D eigenvalue weighted by Crippen LogP contribution is -2.19. The summed E-state index contributed by atoms with van der Waals surface area (Å²) in [7, 11) is 0. The molecule has 0 spiro atoms. The normalized spacial score (nSPS) is 14.5. The molecule has 1 atom stereocenters. The lowest BCUT2D eigenvalue weighted by Gasteiger charge is -1.96. The Morgan fingerprint density at radius 1 is 1.83 bits per heavy atom. The van der Waals surface area contributed by atoms with Crippen LogP contribution < -0.4 is 5.73 Å². The number of aliphatic hydroxyl groups excluding tert-OH is 2. The van der Waals surface area contributed by atoms with E-state index >= 15 is 0 Å². The van der Waals surface area contributed by atoms with Crippen molar-refractivity contribution in [3.8, 4) is 0 Å². The topological polar surface area (TPSA) is 66.5 Å². The molecule has 0 saturated heterocycles. The molecule has 37 valence electrons. The summed E-state index contributed by atoms with van der Waals surface area (Å²) in [5, 5.41) is 16.1. The van der Waals surface area contributed by atoms with Crippen LogP contribution in [-0.2, 0) is 0 Å². The molecule has 0 heterocycles. The minimum Gasteiger partial charge on any atom is -0.389 e. The van der Waals surface area contributed by atoms with Gasteiger partial charge in [-0.2, -0.15) is 0 Å². The van der Waals surface area contributed by atoms with E-state index in [1.165, 1.54) is 0 Å². The maximum Gasteiger partial charge on any atom is 0.110 e. The molecule has 1 radical (unpaired) electrons. The fourth-order valence-electron chi connectivity index (χ4n) is 0.0609. The molecular weight excluding hydrogens is 82.0 g/mol. The monoisotopic (exact) mass is 90.1 g/mol. The average molecular weight is 90.1 g/mol.